The fourth-order valence-electron chi connectivity index (χ4n) is 1.86. The Morgan fingerprint density at radius 3 is 2.50 bits per heavy atom. The minimum atomic E-state index is -4.49. The van der Waals surface area contributed by atoms with Gasteiger partial charge >= 0.3 is 6.18 Å². The van der Waals surface area contributed by atoms with Crippen LogP contribution in [0, 0.1) is 0 Å². The molecular formula is C15H11ClF3NOS. The molecule has 0 saturated heterocycles. The SMILES string of the molecule is NCc1cc(C(F)(F)F)cc(Cl)c1Sc1ccccc1C=O. The molecule has 0 spiro atoms. The van der Waals surface area contributed by atoms with Gasteiger partial charge in [0.15, 0.2) is 6.29 Å². The Hall–Kier alpha value is -1.50. The van der Waals surface area contributed by atoms with Crippen LogP contribution in [0.2, 0.25) is 5.02 Å². The van der Waals surface area contributed by atoms with Crippen molar-refractivity contribution in [1.82, 2.24) is 0 Å². The van der Waals surface area contributed by atoms with E-state index in [-0.39, 0.29) is 17.1 Å². The van der Waals surface area contributed by atoms with Crippen molar-refractivity contribution in [3.05, 3.63) is 58.1 Å². The molecule has 7 heteroatoms. The van der Waals surface area contributed by atoms with E-state index >= 15 is 0 Å². The van der Waals surface area contributed by atoms with E-state index in [1.54, 1.807) is 24.3 Å². The van der Waals surface area contributed by atoms with Gasteiger partial charge in [0, 0.05) is 21.9 Å². The van der Waals surface area contributed by atoms with Crippen molar-refractivity contribution in [2.45, 2.75) is 22.5 Å². The van der Waals surface area contributed by atoms with Crippen LogP contribution in [-0.2, 0) is 12.7 Å². The number of rotatable bonds is 4. The number of carbonyl (C=O) groups is 1. The van der Waals surface area contributed by atoms with Crippen molar-refractivity contribution in [2.75, 3.05) is 0 Å². The van der Waals surface area contributed by atoms with Crippen molar-refractivity contribution in [2.24, 2.45) is 5.73 Å². The predicted octanol–water partition coefficient (Wildman–Crippen LogP) is 4.78. The maximum atomic E-state index is 12.8. The minimum absolute atomic E-state index is 0.0408. The summed E-state index contributed by atoms with van der Waals surface area (Å²) in [5.74, 6) is 0. The van der Waals surface area contributed by atoms with Crippen molar-refractivity contribution < 1.29 is 18.0 Å². The standard InChI is InChI=1S/C15H11ClF3NOS/c16-12-6-11(15(17,18)19)5-10(7-20)14(12)22-13-4-2-1-3-9(13)8-21/h1-6,8H,7,20H2. The lowest BCUT2D eigenvalue weighted by molar-refractivity contribution is -0.137. The normalized spacial score (nSPS) is 11.5. The molecule has 0 radical (unpaired) electrons. The van der Waals surface area contributed by atoms with Crippen LogP contribution >= 0.6 is 23.4 Å². The molecule has 0 heterocycles. The van der Waals surface area contributed by atoms with Gasteiger partial charge in [0.1, 0.15) is 0 Å². The highest BCUT2D eigenvalue weighted by atomic mass is 35.5. The number of alkyl halides is 3. The van der Waals surface area contributed by atoms with Crippen LogP contribution in [0.3, 0.4) is 0 Å². The first-order chi connectivity index (χ1) is 10.4. The molecule has 0 aliphatic carbocycles. The largest absolute Gasteiger partial charge is 0.416 e. The first-order valence-corrected chi connectivity index (χ1v) is 7.38. The molecule has 0 atom stereocenters. The molecule has 22 heavy (non-hydrogen) atoms. The zero-order chi connectivity index (χ0) is 16.3. The Morgan fingerprint density at radius 1 is 1.23 bits per heavy atom. The fourth-order valence-corrected chi connectivity index (χ4v) is 3.25. The summed E-state index contributed by atoms with van der Waals surface area (Å²) in [5.41, 5.74) is 5.42. The molecule has 2 aromatic rings. The molecule has 0 unspecified atom stereocenters. The first kappa shape index (κ1) is 16.9. The van der Waals surface area contributed by atoms with Gasteiger partial charge in [-0.25, -0.2) is 0 Å². The molecule has 0 fully saturated rings. The van der Waals surface area contributed by atoms with Gasteiger partial charge in [-0.15, -0.1) is 0 Å². The van der Waals surface area contributed by atoms with Gasteiger partial charge in [-0.05, 0) is 23.8 Å². The van der Waals surface area contributed by atoms with E-state index in [4.69, 9.17) is 17.3 Å². The second-order valence-electron chi connectivity index (χ2n) is 4.41. The van der Waals surface area contributed by atoms with Crippen LogP contribution in [0.4, 0.5) is 13.2 Å². The number of hydrogen-bond acceptors (Lipinski definition) is 3. The van der Waals surface area contributed by atoms with Gasteiger partial charge in [0.2, 0.25) is 0 Å². The Kier molecular flexibility index (Phi) is 5.16. The smallest absolute Gasteiger partial charge is 0.326 e. The summed E-state index contributed by atoms with van der Waals surface area (Å²) in [7, 11) is 0. The molecule has 0 amide bonds. The summed E-state index contributed by atoms with van der Waals surface area (Å²) in [6.45, 7) is -0.0881. The van der Waals surface area contributed by atoms with Crippen LogP contribution < -0.4 is 5.73 Å². The quantitative estimate of drug-likeness (QED) is 0.811. The lowest BCUT2D eigenvalue weighted by atomic mass is 10.1. The summed E-state index contributed by atoms with van der Waals surface area (Å²) in [4.78, 5) is 12.1. The summed E-state index contributed by atoms with van der Waals surface area (Å²) < 4.78 is 38.4. The van der Waals surface area contributed by atoms with Crippen LogP contribution in [0.1, 0.15) is 21.5 Å². The maximum absolute atomic E-state index is 12.8. The zero-order valence-corrected chi connectivity index (χ0v) is 12.7. The lowest BCUT2D eigenvalue weighted by Crippen LogP contribution is -2.08. The van der Waals surface area contributed by atoms with E-state index < -0.39 is 11.7 Å². The Balaban J connectivity index is 2.49. The number of carbonyl (C=O) groups excluding carboxylic acids is 1. The van der Waals surface area contributed by atoms with Crippen LogP contribution in [0.15, 0.2) is 46.2 Å². The second-order valence-corrected chi connectivity index (χ2v) is 5.87. The molecule has 2 rings (SSSR count). The molecule has 0 aliphatic heterocycles. The third-order valence-corrected chi connectivity index (χ3v) is 4.61. The highest BCUT2D eigenvalue weighted by molar-refractivity contribution is 7.99. The third kappa shape index (κ3) is 3.63. The van der Waals surface area contributed by atoms with Gasteiger partial charge in [-0.3, -0.25) is 4.79 Å². The number of halogens is 4. The number of hydrogen-bond donors (Lipinski definition) is 1. The Labute approximate surface area is 134 Å². The van der Waals surface area contributed by atoms with Crippen LogP contribution in [0.5, 0.6) is 0 Å². The maximum Gasteiger partial charge on any atom is 0.416 e. The molecule has 0 saturated carbocycles. The topological polar surface area (TPSA) is 43.1 Å². The van der Waals surface area contributed by atoms with Gasteiger partial charge in [0.25, 0.3) is 0 Å². The summed E-state index contributed by atoms with van der Waals surface area (Å²) in [6.07, 6.45) is -3.81. The number of aldehydes is 1. The van der Waals surface area contributed by atoms with E-state index in [0.717, 1.165) is 23.9 Å². The molecule has 0 aromatic heterocycles. The zero-order valence-electron chi connectivity index (χ0n) is 11.2. The van der Waals surface area contributed by atoms with E-state index in [0.29, 0.717) is 21.6 Å². The van der Waals surface area contributed by atoms with E-state index in [1.807, 2.05) is 0 Å². The summed E-state index contributed by atoms with van der Waals surface area (Å²) >= 11 is 7.13. The van der Waals surface area contributed by atoms with Crippen LogP contribution in [0.25, 0.3) is 0 Å². The highest BCUT2D eigenvalue weighted by Crippen LogP contribution is 2.41. The lowest BCUT2D eigenvalue weighted by Gasteiger charge is -2.15. The number of nitrogens with two attached hydrogens (primary N) is 1. The summed E-state index contributed by atoms with van der Waals surface area (Å²) in [5, 5.41) is -0.0408. The highest BCUT2D eigenvalue weighted by Gasteiger charge is 2.32. The average molecular weight is 346 g/mol. The monoisotopic (exact) mass is 345 g/mol. The fraction of sp³-hybridized carbons (Fsp3) is 0.133. The Morgan fingerprint density at radius 2 is 1.91 bits per heavy atom. The van der Waals surface area contributed by atoms with Gasteiger partial charge in [-0.2, -0.15) is 13.2 Å². The molecule has 2 nitrogen and oxygen atoms in total. The molecule has 2 N–H and O–H groups in total. The molecule has 0 aliphatic rings. The second kappa shape index (κ2) is 6.73. The van der Waals surface area contributed by atoms with E-state index in [1.165, 1.54) is 0 Å². The molecule has 2 aromatic carbocycles. The number of benzene rings is 2. The van der Waals surface area contributed by atoms with Crippen molar-refractivity contribution >= 4 is 29.6 Å². The minimum Gasteiger partial charge on any atom is -0.326 e. The molecule has 0 bridgehead atoms. The first-order valence-electron chi connectivity index (χ1n) is 6.18. The van der Waals surface area contributed by atoms with Crippen LogP contribution in [-0.4, -0.2) is 6.29 Å². The van der Waals surface area contributed by atoms with Crippen molar-refractivity contribution in [3.63, 3.8) is 0 Å². The molecular weight excluding hydrogens is 335 g/mol. The third-order valence-electron chi connectivity index (χ3n) is 2.93. The van der Waals surface area contributed by atoms with Gasteiger partial charge in [-0.1, -0.05) is 41.6 Å². The van der Waals surface area contributed by atoms with Crippen molar-refractivity contribution in [1.29, 1.82) is 0 Å². The predicted molar refractivity (Wildman–Crippen MR) is 80.3 cm³/mol. The average Bonchev–Trinajstić information content (AvgIpc) is 2.48. The van der Waals surface area contributed by atoms with E-state index in [9.17, 15) is 18.0 Å². The van der Waals surface area contributed by atoms with Crippen molar-refractivity contribution in [3.8, 4) is 0 Å². The van der Waals surface area contributed by atoms with Gasteiger partial charge < -0.3 is 5.73 Å². The van der Waals surface area contributed by atoms with Gasteiger partial charge in [0.05, 0.1) is 10.6 Å². The summed E-state index contributed by atoms with van der Waals surface area (Å²) in [6, 6.07) is 8.60. The Bertz CT molecular complexity index is 704. The molecule has 116 valence electrons. The van der Waals surface area contributed by atoms with E-state index in [2.05, 4.69) is 0 Å².